The number of anilines is 3. The topological polar surface area (TPSA) is 132 Å². The van der Waals surface area contributed by atoms with Gasteiger partial charge in [-0.3, -0.25) is 5.32 Å². The number of fused-ring (bicyclic) bond motifs is 1. The molecule has 1 fully saturated rings. The summed E-state index contributed by atoms with van der Waals surface area (Å²) in [7, 11) is 0. The Morgan fingerprint density at radius 2 is 1.77 bits per heavy atom. The Balaban J connectivity index is 1.15. The molecule has 5 aromatic rings. The van der Waals surface area contributed by atoms with E-state index in [0.717, 1.165) is 34.5 Å². The third-order valence-electron chi connectivity index (χ3n) is 7.49. The van der Waals surface area contributed by atoms with Gasteiger partial charge in [0.1, 0.15) is 17.3 Å². The number of nitrogens with zero attached hydrogens (tertiary/aromatic N) is 6. The van der Waals surface area contributed by atoms with Crippen LogP contribution in [0.1, 0.15) is 50.7 Å². The van der Waals surface area contributed by atoms with Crippen molar-refractivity contribution < 1.29 is 9.53 Å². The quantitative estimate of drug-likeness (QED) is 0.172. The molecule has 0 spiro atoms. The van der Waals surface area contributed by atoms with E-state index in [4.69, 9.17) is 9.84 Å². The summed E-state index contributed by atoms with van der Waals surface area (Å²) in [4.78, 5) is 30.7. The first-order chi connectivity index (χ1) is 21.2. The minimum Gasteiger partial charge on any atom is -0.477 e. The molecule has 3 heterocycles. The number of hydrogen-bond acceptors (Lipinski definition) is 8. The van der Waals surface area contributed by atoms with E-state index >= 15 is 0 Å². The summed E-state index contributed by atoms with van der Waals surface area (Å²) >= 11 is 0. The number of carbonyl (C=O) groups excluding carboxylic acids is 1. The van der Waals surface area contributed by atoms with E-state index in [0.29, 0.717) is 47.9 Å². The monoisotopic (exact) mass is 591 g/mol. The summed E-state index contributed by atoms with van der Waals surface area (Å²) in [6.45, 7) is 9.41. The first-order valence-electron chi connectivity index (χ1n) is 14.9. The highest BCUT2D eigenvalue weighted by Crippen LogP contribution is 2.30. The van der Waals surface area contributed by atoms with Crippen molar-refractivity contribution in [3.05, 3.63) is 84.2 Å². The molecule has 0 bridgehead atoms. The maximum absolute atomic E-state index is 13.3. The molecule has 2 amide bonds. The van der Waals surface area contributed by atoms with Gasteiger partial charge in [-0.1, -0.05) is 51.1 Å². The lowest BCUT2D eigenvalue weighted by Crippen LogP contribution is -2.21. The van der Waals surface area contributed by atoms with Gasteiger partial charge in [0.05, 0.1) is 30.4 Å². The second-order valence-corrected chi connectivity index (χ2v) is 12.1. The third kappa shape index (κ3) is 6.94. The molecule has 44 heavy (non-hydrogen) atoms. The van der Waals surface area contributed by atoms with E-state index < -0.39 is 0 Å². The van der Waals surface area contributed by atoms with Crippen LogP contribution in [0, 0.1) is 12.8 Å². The van der Waals surface area contributed by atoms with Gasteiger partial charge in [0.25, 0.3) is 0 Å². The Morgan fingerprint density at radius 1 is 1.00 bits per heavy atom. The Morgan fingerprint density at radius 3 is 2.52 bits per heavy atom. The highest BCUT2D eigenvalue weighted by Gasteiger charge is 2.23. The Labute approximate surface area is 256 Å². The Hall–Kier alpha value is -5.06. The van der Waals surface area contributed by atoms with Crippen LogP contribution in [-0.2, 0) is 11.8 Å². The molecule has 2 aromatic carbocycles. The lowest BCUT2D eigenvalue weighted by molar-refractivity contribution is 0.262. The van der Waals surface area contributed by atoms with Crippen molar-refractivity contribution in [2.75, 3.05) is 29.1 Å². The van der Waals surface area contributed by atoms with Gasteiger partial charge in [0.15, 0.2) is 0 Å². The molecule has 3 N–H and O–H groups in total. The molecule has 11 heteroatoms. The molecule has 11 nitrogen and oxygen atoms in total. The van der Waals surface area contributed by atoms with E-state index in [1.165, 1.54) is 12.8 Å². The van der Waals surface area contributed by atoms with Crippen molar-refractivity contribution in [3.8, 4) is 11.6 Å². The smallest absolute Gasteiger partial charge is 0.324 e. The van der Waals surface area contributed by atoms with Crippen molar-refractivity contribution in [2.45, 2.75) is 52.4 Å². The predicted molar refractivity (Wildman–Crippen MR) is 172 cm³/mol. The summed E-state index contributed by atoms with van der Waals surface area (Å²) in [5.74, 6) is 3.06. The number of benzene rings is 2. The van der Waals surface area contributed by atoms with Gasteiger partial charge in [-0.2, -0.15) is 10.1 Å². The molecule has 3 aromatic heterocycles. The van der Waals surface area contributed by atoms with E-state index in [2.05, 4.69) is 62.7 Å². The molecule has 226 valence electrons. The zero-order chi connectivity index (χ0) is 30.7. The van der Waals surface area contributed by atoms with Crippen molar-refractivity contribution in [1.82, 2.24) is 29.7 Å². The first kappa shape index (κ1) is 29.0. The number of amides is 2. The fourth-order valence-corrected chi connectivity index (χ4v) is 4.82. The molecule has 0 unspecified atom stereocenters. The highest BCUT2D eigenvalue weighted by atomic mass is 16.5. The van der Waals surface area contributed by atoms with Crippen LogP contribution in [0.4, 0.5) is 22.2 Å². The van der Waals surface area contributed by atoms with Crippen molar-refractivity contribution in [1.29, 1.82) is 0 Å². The molecule has 0 radical (unpaired) electrons. The second-order valence-electron chi connectivity index (χ2n) is 12.1. The van der Waals surface area contributed by atoms with Gasteiger partial charge >= 0.3 is 6.03 Å². The summed E-state index contributed by atoms with van der Waals surface area (Å²) in [6, 6.07) is 15.2. The van der Waals surface area contributed by atoms with Crippen molar-refractivity contribution in [2.24, 2.45) is 5.92 Å². The fraction of sp³-hybridized carbons (Fsp3) is 0.333. The number of hydrogen-bond donors (Lipinski definition) is 3. The molecule has 6 rings (SSSR count). The van der Waals surface area contributed by atoms with Crippen LogP contribution >= 0.6 is 0 Å². The second kappa shape index (κ2) is 12.3. The van der Waals surface area contributed by atoms with Gasteiger partial charge in [-0.05, 0) is 42.7 Å². The van der Waals surface area contributed by atoms with E-state index in [-0.39, 0.29) is 11.4 Å². The van der Waals surface area contributed by atoms with Crippen LogP contribution < -0.4 is 20.7 Å². The predicted octanol–water partition coefficient (Wildman–Crippen LogP) is 6.30. The molecular formula is C33H37N9O2. The van der Waals surface area contributed by atoms with Crippen LogP contribution in [0.25, 0.3) is 16.5 Å². The molecule has 1 aliphatic carbocycles. The van der Waals surface area contributed by atoms with Crippen molar-refractivity contribution >= 4 is 34.3 Å². The van der Waals surface area contributed by atoms with Gasteiger partial charge in [0.2, 0.25) is 11.8 Å². The minimum absolute atomic E-state index is 0.220. The first-order valence-corrected chi connectivity index (χ1v) is 14.9. The lowest BCUT2D eigenvalue weighted by Gasteiger charge is -2.14. The average Bonchev–Trinajstić information content (AvgIpc) is 3.74. The van der Waals surface area contributed by atoms with Gasteiger partial charge in [-0.15, -0.1) is 0 Å². The fourth-order valence-electron chi connectivity index (χ4n) is 4.82. The minimum atomic E-state index is -0.379. The zero-order valence-corrected chi connectivity index (χ0v) is 25.5. The molecule has 0 aliphatic heterocycles. The number of urea groups is 1. The largest absolute Gasteiger partial charge is 0.477 e. The van der Waals surface area contributed by atoms with E-state index in [1.807, 2.05) is 43.3 Å². The van der Waals surface area contributed by atoms with Gasteiger partial charge < -0.3 is 15.4 Å². The normalized spacial score (nSPS) is 13.1. The molecule has 1 aliphatic rings. The molecule has 0 saturated heterocycles. The highest BCUT2D eigenvalue weighted by molar-refractivity contribution is 6.06. The van der Waals surface area contributed by atoms with Gasteiger partial charge in [0, 0.05) is 42.1 Å². The summed E-state index contributed by atoms with van der Waals surface area (Å²) in [5.41, 5.74) is 3.08. The molecule has 1 saturated carbocycles. The Kier molecular flexibility index (Phi) is 8.10. The summed E-state index contributed by atoms with van der Waals surface area (Å²) in [6.07, 6.45) is 8.31. The third-order valence-corrected chi connectivity index (χ3v) is 7.49. The SMILES string of the molecule is Cc1ncc(-n2nc(C(C)(C)C)cc2NC(=O)Nc2ccc(CCOc3ccnc(NCC4CC4)n3)c3ccccc23)cn1. The summed E-state index contributed by atoms with van der Waals surface area (Å²) in [5, 5.41) is 16.0. The maximum Gasteiger partial charge on any atom is 0.324 e. The number of nitrogens with one attached hydrogen (secondary N) is 3. The summed E-state index contributed by atoms with van der Waals surface area (Å²) < 4.78 is 7.63. The number of rotatable bonds is 10. The van der Waals surface area contributed by atoms with Gasteiger partial charge in [-0.25, -0.2) is 24.4 Å². The number of ether oxygens (including phenoxy) is 1. The van der Waals surface area contributed by atoms with E-state index in [9.17, 15) is 4.79 Å². The number of aryl methyl sites for hydroxylation is 1. The van der Waals surface area contributed by atoms with Crippen molar-refractivity contribution in [3.63, 3.8) is 0 Å². The lowest BCUT2D eigenvalue weighted by atomic mass is 9.92. The van der Waals surface area contributed by atoms with Crippen LogP contribution in [0.3, 0.4) is 0 Å². The number of aromatic nitrogens is 6. The van der Waals surface area contributed by atoms with Crippen LogP contribution in [0.5, 0.6) is 5.88 Å². The zero-order valence-electron chi connectivity index (χ0n) is 25.5. The maximum atomic E-state index is 13.3. The molecule has 0 atom stereocenters. The molecular weight excluding hydrogens is 554 g/mol. The van der Waals surface area contributed by atoms with Crippen LogP contribution in [-0.4, -0.2) is 48.9 Å². The number of carbonyl (C=O) groups is 1. The van der Waals surface area contributed by atoms with E-state index in [1.54, 1.807) is 29.3 Å². The Bertz CT molecular complexity index is 1770. The van der Waals surface area contributed by atoms with Crippen LogP contribution in [0.2, 0.25) is 0 Å². The standard InChI is InChI=1S/C33H37N9O2/c1-21-35-19-24(20-36-21)42-29(17-28(41-42)33(2,3)4)39-32(43)38-27-12-11-23(25-7-5-6-8-26(25)27)14-16-44-30-13-15-34-31(40-30)37-18-22-9-10-22/h5-8,11-13,15,17,19-20,22H,9-10,14,16,18H2,1-4H3,(H,34,37,40)(H2,38,39,43). The van der Waals surface area contributed by atoms with Crippen LogP contribution in [0.15, 0.2) is 67.1 Å². The average molecular weight is 592 g/mol.